The summed E-state index contributed by atoms with van der Waals surface area (Å²) in [6.45, 7) is 7.61. The van der Waals surface area contributed by atoms with Crippen LogP contribution in [0.1, 0.15) is 43.6 Å². The molecule has 174 valence electrons. The number of ether oxygens (including phenoxy) is 1. The number of carbonyl (C=O) groups is 2. The number of esters is 1. The van der Waals surface area contributed by atoms with Gasteiger partial charge in [0, 0.05) is 11.1 Å². The fourth-order valence-corrected chi connectivity index (χ4v) is 4.45. The molecule has 0 bridgehead atoms. The summed E-state index contributed by atoms with van der Waals surface area (Å²) >= 11 is 1.37. The first kappa shape index (κ1) is 23.4. The highest BCUT2D eigenvalue weighted by Crippen LogP contribution is 2.21. The normalized spacial score (nSPS) is 10.8. The molecule has 7 nitrogen and oxygen atoms in total. The Balaban J connectivity index is 1.37. The molecule has 0 aliphatic rings. The summed E-state index contributed by atoms with van der Waals surface area (Å²) in [4.78, 5) is 29.7. The van der Waals surface area contributed by atoms with Gasteiger partial charge in [-0.15, -0.1) is 11.3 Å². The minimum Gasteiger partial charge on any atom is -0.455 e. The molecule has 2 aromatic carbocycles. The largest absolute Gasteiger partial charge is 0.455 e. The van der Waals surface area contributed by atoms with Gasteiger partial charge in [-0.25, -0.2) is 14.5 Å². The molecule has 0 saturated carbocycles. The molecule has 0 spiro atoms. The number of thiazole rings is 1. The lowest BCUT2D eigenvalue weighted by Gasteiger charge is -2.08. The maximum absolute atomic E-state index is 12.8. The lowest BCUT2D eigenvalue weighted by Crippen LogP contribution is -2.15. The van der Waals surface area contributed by atoms with Crippen molar-refractivity contribution in [2.75, 3.05) is 5.32 Å². The highest BCUT2D eigenvalue weighted by Gasteiger charge is 2.21. The zero-order valence-electron chi connectivity index (χ0n) is 19.6. The van der Waals surface area contributed by atoms with Crippen LogP contribution in [0.3, 0.4) is 0 Å². The predicted octanol–water partition coefficient (Wildman–Crippen LogP) is 5.10. The predicted molar refractivity (Wildman–Crippen MR) is 133 cm³/mol. The molecule has 8 heteroatoms. The van der Waals surface area contributed by atoms with Gasteiger partial charge in [0.2, 0.25) is 5.91 Å². The van der Waals surface area contributed by atoms with Crippen molar-refractivity contribution in [1.82, 2.24) is 14.8 Å². The Morgan fingerprint density at radius 2 is 1.82 bits per heavy atom. The Labute approximate surface area is 202 Å². The van der Waals surface area contributed by atoms with Crippen molar-refractivity contribution in [3.8, 4) is 5.69 Å². The van der Waals surface area contributed by atoms with Gasteiger partial charge in [-0.2, -0.15) is 5.10 Å². The molecule has 2 heterocycles. The molecular weight excluding hydrogens is 448 g/mol. The van der Waals surface area contributed by atoms with Gasteiger partial charge in [0.05, 0.1) is 29.2 Å². The molecule has 0 aliphatic heterocycles. The highest BCUT2D eigenvalue weighted by molar-refractivity contribution is 7.09. The fraction of sp³-hybridized carbons (Fsp3) is 0.231. The van der Waals surface area contributed by atoms with Crippen LogP contribution in [-0.2, 0) is 22.6 Å². The molecule has 0 radical (unpaired) electrons. The lowest BCUT2D eigenvalue weighted by atomic mass is 10.1. The number of hydrogen-bond donors (Lipinski definition) is 1. The maximum Gasteiger partial charge on any atom is 0.342 e. The van der Waals surface area contributed by atoms with Gasteiger partial charge in [0.25, 0.3) is 0 Å². The Kier molecular flexibility index (Phi) is 6.88. The average Bonchev–Trinajstić information content (AvgIpc) is 3.38. The van der Waals surface area contributed by atoms with Crippen molar-refractivity contribution in [1.29, 1.82) is 0 Å². The van der Waals surface area contributed by atoms with Crippen LogP contribution < -0.4 is 5.32 Å². The van der Waals surface area contributed by atoms with Gasteiger partial charge in [-0.1, -0.05) is 30.3 Å². The minimum atomic E-state index is -0.445. The van der Waals surface area contributed by atoms with Gasteiger partial charge in [-0.05, 0) is 57.0 Å². The smallest absolute Gasteiger partial charge is 0.342 e. The first-order chi connectivity index (χ1) is 16.3. The lowest BCUT2D eigenvalue weighted by molar-refractivity contribution is -0.115. The van der Waals surface area contributed by atoms with Crippen LogP contribution in [0, 0.1) is 27.7 Å². The number of rotatable bonds is 7. The van der Waals surface area contributed by atoms with Gasteiger partial charge in [-0.3, -0.25) is 4.79 Å². The fourth-order valence-electron chi connectivity index (χ4n) is 3.67. The molecule has 0 atom stereocenters. The van der Waals surface area contributed by atoms with E-state index >= 15 is 0 Å². The topological polar surface area (TPSA) is 86.1 Å². The molecule has 1 amide bonds. The van der Waals surface area contributed by atoms with Gasteiger partial charge in [0.1, 0.15) is 17.2 Å². The monoisotopic (exact) mass is 474 g/mol. The Morgan fingerprint density at radius 3 is 2.59 bits per heavy atom. The standard InChI is InChI=1S/C26H26N4O3S/c1-16-10-11-17(2)22(12-16)28-23(31)13-24-27-20(15-34-24)14-33-26(32)25-18(3)29-30(19(25)4)21-8-6-5-7-9-21/h5-12,15H,13-14H2,1-4H3,(H,28,31). The Hall–Kier alpha value is -3.78. The van der Waals surface area contributed by atoms with Crippen LogP contribution in [-0.4, -0.2) is 26.6 Å². The van der Waals surface area contributed by atoms with E-state index in [0.717, 1.165) is 28.2 Å². The van der Waals surface area contributed by atoms with Crippen molar-refractivity contribution in [3.05, 3.63) is 92.7 Å². The number of aryl methyl sites for hydroxylation is 3. The van der Waals surface area contributed by atoms with Crippen molar-refractivity contribution in [3.63, 3.8) is 0 Å². The van der Waals surface area contributed by atoms with Crippen LogP contribution in [0.2, 0.25) is 0 Å². The summed E-state index contributed by atoms with van der Waals surface area (Å²) in [5.74, 6) is -0.578. The summed E-state index contributed by atoms with van der Waals surface area (Å²) in [6, 6.07) is 15.6. The third-order valence-corrected chi connectivity index (χ3v) is 6.32. The second-order valence-electron chi connectivity index (χ2n) is 8.15. The molecule has 0 aliphatic carbocycles. The van der Waals surface area contributed by atoms with E-state index in [4.69, 9.17) is 4.74 Å². The number of amides is 1. The summed E-state index contributed by atoms with van der Waals surface area (Å²) < 4.78 is 7.26. The van der Waals surface area contributed by atoms with Crippen molar-refractivity contribution in [2.45, 2.75) is 40.7 Å². The summed E-state index contributed by atoms with van der Waals surface area (Å²) in [6.07, 6.45) is 0.161. The quantitative estimate of drug-likeness (QED) is 0.377. The summed E-state index contributed by atoms with van der Waals surface area (Å²) in [5.41, 5.74) is 6.16. The van der Waals surface area contributed by atoms with Gasteiger partial charge >= 0.3 is 5.97 Å². The van der Waals surface area contributed by atoms with Crippen molar-refractivity contribution in [2.24, 2.45) is 0 Å². The number of aromatic nitrogens is 3. The van der Waals surface area contributed by atoms with E-state index in [1.165, 1.54) is 11.3 Å². The molecular formula is C26H26N4O3S. The molecule has 0 unspecified atom stereocenters. The number of benzene rings is 2. The number of anilines is 1. The maximum atomic E-state index is 12.8. The van der Waals surface area contributed by atoms with Gasteiger partial charge in [0.15, 0.2) is 0 Å². The van der Waals surface area contributed by atoms with E-state index in [2.05, 4.69) is 15.4 Å². The Morgan fingerprint density at radius 1 is 1.06 bits per heavy atom. The third kappa shape index (κ3) is 5.23. The average molecular weight is 475 g/mol. The van der Waals surface area contributed by atoms with E-state index < -0.39 is 5.97 Å². The third-order valence-electron chi connectivity index (χ3n) is 5.43. The Bertz CT molecular complexity index is 1340. The summed E-state index contributed by atoms with van der Waals surface area (Å²) in [5, 5.41) is 9.91. The van der Waals surface area contributed by atoms with Crippen LogP contribution in [0.25, 0.3) is 5.69 Å². The van der Waals surface area contributed by atoms with Crippen molar-refractivity contribution < 1.29 is 14.3 Å². The molecule has 4 aromatic rings. The zero-order valence-corrected chi connectivity index (χ0v) is 20.4. The molecule has 0 saturated heterocycles. The van der Waals surface area contributed by atoms with Crippen LogP contribution >= 0.6 is 11.3 Å². The zero-order chi connectivity index (χ0) is 24.2. The van der Waals surface area contributed by atoms with E-state index in [9.17, 15) is 9.59 Å². The number of carbonyl (C=O) groups excluding carboxylic acids is 2. The highest BCUT2D eigenvalue weighted by atomic mass is 32.1. The molecule has 0 fully saturated rings. The van der Waals surface area contributed by atoms with Crippen LogP contribution in [0.5, 0.6) is 0 Å². The first-order valence-electron chi connectivity index (χ1n) is 10.9. The molecule has 34 heavy (non-hydrogen) atoms. The van der Waals surface area contributed by atoms with Crippen molar-refractivity contribution >= 4 is 28.9 Å². The van der Waals surface area contributed by atoms with Crippen LogP contribution in [0.15, 0.2) is 53.9 Å². The first-order valence-corrected chi connectivity index (χ1v) is 11.8. The second kappa shape index (κ2) is 10.0. The number of hydrogen-bond acceptors (Lipinski definition) is 6. The van der Waals surface area contributed by atoms with E-state index in [1.54, 1.807) is 17.0 Å². The van der Waals surface area contributed by atoms with Crippen LogP contribution in [0.4, 0.5) is 5.69 Å². The second-order valence-corrected chi connectivity index (χ2v) is 9.09. The number of para-hydroxylation sites is 1. The number of nitrogens with zero attached hydrogens (tertiary/aromatic N) is 3. The van der Waals surface area contributed by atoms with E-state index in [-0.39, 0.29) is 18.9 Å². The summed E-state index contributed by atoms with van der Waals surface area (Å²) in [7, 11) is 0. The minimum absolute atomic E-state index is 0.0311. The molecule has 4 rings (SSSR count). The molecule has 1 N–H and O–H groups in total. The van der Waals surface area contributed by atoms with E-state index in [0.29, 0.717) is 22.0 Å². The SMILES string of the molecule is Cc1ccc(C)c(NC(=O)Cc2nc(COC(=O)c3c(C)nn(-c4ccccc4)c3C)cs2)c1. The molecule has 2 aromatic heterocycles. The van der Waals surface area contributed by atoms with E-state index in [1.807, 2.05) is 69.3 Å². The van der Waals surface area contributed by atoms with Gasteiger partial charge < -0.3 is 10.1 Å². The number of nitrogens with one attached hydrogen (secondary N) is 1.